The number of nitrogens with one attached hydrogen (secondary N) is 1. The Morgan fingerprint density at radius 2 is 2.27 bits per heavy atom. The molecule has 1 aromatic heterocycles. The standard InChI is InChI=1S/C17H17N3O6/c1-25-15-8-12(20(23)24)4-5-14(15)19-10-11(7-16(19)21)17(22)18-9-13-3-2-6-26-13/h2-6,8,11H,7,9-10H2,1H3,(H,18,22)/t11-/m1/s1. The van der Waals surface area contributed by atoms with Crippen molar-refractivity contribution in [3.05, 3.63) is 52.5 Å². The fourth-order valence-electron chi connectivity index (χ4n) is 2.85. The summed E-state index contributed by atoms with van der Waals surface area (Å²) in [5, 5.41) is 13.6. The Bertz CT molecular complexity index is 833. The van der Waals surface area contributed by atoms with Crippen LogP contribution < -0.4 is 15.0 Å². The molecule has 1 aromatic carbocycles. The third-order valence-corrected chi connectivity index (χ3v) is 4.18. The van der Waals surface area contributed by atoms with Crippen molar-refractivity contribution in [1.29, 1.82) is 0 Å². The van der Waals surface area contributed by atoms with Gasteiger partial charge in [-0.05, 0) is 18.2 Å². The highest BCUT2D eigenvalue weighted by Gasteiger charge is 2.36. The Hall–Kier alpha value is -3.36. The van der Waals surface area contributed by atoms with Crippen LogP contribution in [0.1, 0.15) is 12.2 Å². The summed E-state index contributed by atoms with van der Waals surface area (Å²) in [6.07, 6.45) is 1.58. The molecular weight excluding hydrogens is 342 g/mol. The number of benzene rings is 1. The number of hydrogen-bond donors (Lipinski definition) is 1. The largest absolute Gasteiger partial charge is 0.494 e. The van der Waals surface area contributed by atoms with Gasteiger partial charge in [-0.15, -0.1) is 0 Å². The number of carbonyl (C=O) groups excluding carboxylic acids is 2. The maximum absolute atomic E-state index is 12.3. The van der Waals surface area contributed by atoms with Crippen LogP contribution in [0.15, 0.2) is 41.0 Å². The third kappa shape index (κ3) is 3.51. The summed E-state index contributed by atoms with van der Waals surface area (Å²) in [5.74, 6) is -0.174. The van der Waals surface area contributed by atoms with E-state index < -0.39 is 10.8 Å². The van der Waals surface area contributed by atoms with E-state index in [0.29, 0.717) is 11.4 Å². The van der Waals surface area contributed by atoms with Crippen LogP contribution in [0, 0.1) is 16.0 Å². The number of ether oxygens (including phenoxy) is 1. The van der Waals surface area contributed by atoms with Gasteiger partial charge in [0, 0.05) is 19.0 Å². The summed E-state index contributed by atoms with van der Waals surface area (Å²) in [7, 11) is 1.37. The van der Waals surface area contributed by atoms with E-state index in [1.165, 1.54) is 36.5 Å². The maximum Gasteiger partial charge on any atom is 0.273 e. The smallest absolute Gasteiger partial charge is 0.273 e. The molecule has 2 amide bonds. The second kappa shape index (κ2) is 7.26. The first-order valence-electron chi connectivity index (χ1n) is 7.92. The van der Waals surface area contributed by atoms with Crippen molar-refractivity contribution in [3.63, 3.8) is 0 Å². The molecule has 3 rings (SSSR count). The number of rotatable bonds is 6. The van der Waals surface area contributed by atoms with Gasteiger partial charge in [0.2, 0.25) is 11.8 Å². The number of nitrogens with zero attached hydrogens (tertiary/aromatic N) is 2. The molecule has 1 fully saturated rings. The highest BCUT2D eigenvalue weighted by Crippen LogP contribution is 2.35. The lowest BCUT2D eigenvalue weighted by atomic mass is 10.1. The van der Waals surface area contributed by atoms with E-state index in [-0.39, 0.29) is 42.8 Å². The number of hydrogen-bond acceptors (Lipinski definition) is 6. The topological polar surface area (TPSA) is 115 Å². The fourth-order valence-corrected chi connectivity index (χ4v) is 2.85. The molecule has 136 valence electrons. The molecule has 1 aliphatic rings. The maximum atomic E-state index is 12.3. The average Bonchev–Trinajstić information content (AvgIpc) is 3.28. The van der Waals surface area contributed by atoms with Gasteiger partial charge in [0.25, 0.3) is 5.69 Å². The van der Waals surface area contributed by atoms with Gasteiger partial charge in [0.05, 0.1) is 42.5 Å². The minimum atomic E-state index is -0.539. The average molecular weight is 359 g/mol. The summed E-state index contributed by atoms with van der Waals surface area (Å²) < 4.78 is 10.3. The van der Waals surface area contributed by atoms with Gasteiger partial charge in [-0.25, -0.2) is 0 Å². The predicted molar refractivity (Wildman–Crippen MR) is 90.7 cm³/mol. The van der Waals surface area contributed by atoms with Crippen LogP contribution in [-0.4, -0.2) is 30.4 Å². The van der Waals surface area contributed by atoms with Crippen LogP contribution in [0.25, 0.3) is 0 Å². The van der Waals surface area contributed by atoms with E-state index in [4.69, 9.17) is 9.15 Å². The molecule has 0 spiro atoms. The molecule has 1 saturated heterocycles. The molecule has 9 heteroatoms. The van der Waals surface area contributed by atoms with Gasteiger partial charge >= 0.3 is 0 Å². The van der Waals surface area contributed by atoms with Crippen LogP contribution in [0.3, 0.4) is 0 Å². The van der Waals surface area contributed by atoms with Crippen molar-refractivity contribution in [2.75, 3.05) is 18.6 Å². The molecule has 2 heterocycles. The van der Waals surface area contributed by atoms with Crippen LogP contribution in [0.4, 0.5) is 11.4 Å². The van der Waals surface area contributed by atoms with E-state index in [2.05, 4.69) is 5.32 Å². The van der Waals surface area contributed by atoms with Crippen molar-refractivity contribution < 1.29 is 23.7 Å². The highest BCUT2D eigenvalue weighted by atomic mass is 16.6. The Labute approximate surface area is 148 Å². The van der Waals surface area contributed by atoms with Gasteiger partial charge in [0.15, 0.2) is 0 Å². The summed E-state index contributed by atoms with van der Waals surface area (Å²) >= 11 is 0. The van der Waals surface area contributed by atoms with E-state index in [0.717, 1.165) is 0 Å². The second-order valence-electron chi connectivity index (χ2n) is 5.82. The predicted octanol–water partition coefficient (Wildman–Crippen LogP) is 1.87. The number of nitro benzene ring substituents is 1. The zero-order chi connectivity index (χ0) is 18.7. The molecule has 1 N–H and O–H groups in total. The molecule has 0 aliphatic carbocycles. The highest BCUT2D eigenvalue weighted by molar-refractivity contribution is 6.01. The van der Waals surface area contributed by atoms with Crippen LogP contribution in [0.2, 0.25) is 0 Å². The minimum absolute atomic E-state index is 0.0597. The Kier molecular flexibility index (Phi) is 4.87. The van der Waals surface area contributed by atoms with Gasteiger partial charge in [-0.2, -0.15) is 0 Å². The van der Waals surface area contributed by atoms with E-state index in [9.17, 15) is 19.7 Å². The number of amides is 2. The van der Waals surface area contributed by atoms with Gasteiger partial charge in [-0.3, -0.25) is 19.7 Å². The molecule has 0 unspecified atom stereocenters. The van der Waals surface area contributed by atoms with Crippen molar-refractivity contribution >= 4 is 23.2 Å². The summed E-state index contributed by atoms with van der Waals surface area (Å²) in [6.45, 7) is 0.425. The van der Waals surface area contributed by atoms with Crippen molar-refractivity contribution in [3.8, 4) is 5.75 Å². The number of non-ortho nitro benzene ring substituents is 1. The van der Waals surface area contributed by atoms with Gasteiger partial charge < -0.3 is 19.4 Å². The number of carbonyl (C=O) groups is 2. The van der Waals surface area contributed by atoms with Crippen LogP contribution in [0.5, 0.6) is 5.75 Å². The summed E-state index contributed by atoms with van der Waals surface area (Å²) in [5.41, 5.74) is 0.273. The first kappa shape index (κ1) is 17.5. The monoisotopic (exact) mass is 359 g/mol. The van der Waals surface area contributed by atoms with Crippen LogP contribution in [-0.2, 0) is 16.1 Å². The SMILES string of the molecule is COc1cc([N+](=O)[O-])ccc1N1C[C@H](C(=O)NCc2ccco2)CC1=O. The lowest BCUT2D eigenvalue weighted by Gasteiger charge is -2.19. The molecule has 2 aromatic rings. The summed E-state index contributed by atoms with van der Waals surface area (Å²) in [4.78, 5) is 36.4. The van der Waals surface area contributed by atoms with Crippen molar-refractivity contribution in [2.45, 2.75) is 13.0 Å². The van der Waals surface area contributed by atoms with E-state index in [1.54, 1.807) is 12.1 Å². The van der Waals surface area contributed by atoms with Crippen molar-refractivity contribution in [1.82, 2.24) is 5.32 Å². The lowest BCUT2D eigenvalue weighted by Crippen LogP contribution is -2.32. The molecule has 26 heavy (non-hydrogen) atoms. The zero-order valence-electron chi connectivity index (χ0n) is 14.0. The Morgan fingerprint density at radius 1 is 1.46 bits per heavy atom. The zero-order valence-corrected chi connectivity index (χ0v) is 14.0. The van der Waals surface area contributed by atoms with Gasteiger partial charge in [0.1, 0.15) is 11.5 Å². The van der Waals surface area contributed by atoms with E-state index >= 15 is 0 Å². The second-order valence-corrected chi connectivity index (χ2v) is 5.82. The fraction of sp³-hybridized carbons (Fsp3) is 0.294. The quantitative estimate of drug-likeness (QED) is 0.622. The lowest BCUT2D eigenvalue weighted by molar-refractivity contribution is -0.384. The molecule has 1 aliphatic heterocycles. The number of nitro groups is 1. The Balaban J connectivity index is 1.71. The van der Waals surface area contributed by atoms with Crippen LogP contribution >= 0.6 is 0 Å². The van der Waals surface area contributed by atoms with Gasteiger partial charge in [-0.1, -0.05) is 0 Å². The Morgan fingerprint density at radius 3 is 2.92 bits per heavy atom. The minimum Gasteiger partial charge on any atom is -0.494 e. The number of methoxy groups -OCH3 is 1. The molecular formula is C17H17N3O6. The van der Waals surface area contributed by atoms with E-state index in [1.807, 2.05) is 0 Å². The van der Waals surface area contributed by atoms with Crippen molar-refractivity contribution in [2.24, 2.45) is 5.92 Å². The third-order valence-electron chi connectivity index (χ3n) is 4.18. The molecule has 1 atom stereocenters. The number of anilines is 1. The first-order chi connectivity index (χ1) is 12.5. The molecule has 0 bridgehead atoms. The molecule has 0 radical (unpaired) electrons. The normalized spacial score (nSPS) is 16.6. The number of furan rings is 1. The summed E-state index contributed by atoms with van der Waals surface area (Å²) in [6, 6.07) is 7.48. The first-order valence-corrected chi connectivity index (χ1v) is 7.92. The molecule has 0 saturated carbocycles. The molecule has 9 nitrogen and oxygen atoms in total.